The van der Waals surface area contributed by atoms with Gasteiger partial charge in [-0.1, -0.05) is 13.8 Å². The lowest BCUT2D eigenvalue weighted by Gasteiger charge is -2.24. The smallest absolute Gasteiger partial charge is 0.240 e. The van der Waals surface area contributed by atoms with Crippen LogP contribution in [-0.2, 0) is 11.3 Å². The third-order valence-electron chi connectivity index (χ3n) is 3.50. The molecule has 1 aliphatic heterocycles. The topological polar surface area (TPSA) is 71.3 Å². The number of nitrogens with one attached hydrogen (secondary N) is 1. The first kappa shape index (κ1) is 13.0. The van der Waals surface area contributed by atoms with Crippen molar-refractivity contribution in [2.45, 2.75) is 39.3 Å². The highest BCUT2D eigenvalue weighted by molar-refractivity contribution is 5.82. The van der Waals surface area contributed by atoms with Crippen LogP contribution >= 0.6 is 0 Å². The third kappa shape index (κ3) is 2.87. The Bertz CT molecular complexity index is 402. The molecule has 1 saturated heterocycles. The Kier molecular flexibility index (Phi) is 3.65. The number of rotatable bonds is 3. The van der Waals surface area contributed by atoms with Gasteiger partial charge in [0.1, 0.15) is 0 Å². The summed E-state index contributed by atoms with van der Waals surface area (Å²) in [6.45, 7) is 5.52. The monoisotopic (exact) mass is 252 g/mol. The van der Waals surface area contributed by atoms with E-state index in [9.17, 15) is 4.79 Å². The lowest BCUT2D eigenvalue weighted by atomic mass is 9.83. The molecule has 6 nitrogen and oxygen atoms in total. The van der Waals surface area contributed by atoms with Crippen molar-refractivity contribution in [1.29, 1.82) is 0 Å². The molecule has 1 N–H and O–H groups in total. The second kappa shape index (κ2) is 5.06. The fraction of sp³-hybridized carbons (Fsp3) is 0.750. The van der Waals surface area contributed by atoms with Gasteiger partial charge < -0.3 is 14.6 Å². The molecule has 1 fully saturated rings. The number of carbonyl (C=O) groups excluding carboxylic acids is 1. The van der Waals surface area contributed by atoms with E-state index in [1.54, 1.807) is 4.90 Å². The minimum Gasteiger partial charge on any atom is -0.426 e. The lowest BCUT2D eigenvalue weighted by Crippen LogP contribution is -2.44. The zero-order valence-corrected chi connectivity index (χ0v) is 11.1. The number of hydrogen-bond acceptors (Lipinski definition) is 5. The normalized spacial score (nSPS) is 24.1. The molecule has 2 heterocycles. The molecule has 100 valence electrons. The number of likely N-dealkylation sites (tertiary alicyclic amines) is 1. The van der Waals surface area contributed by atoms with Crippen LogP contribution in [-0.4, -0.2) is 40.6 Å². The minimum absolute atomic E-state index is 0.112. The largest absolute Gasteiger partial charge is 0.426 e. The summed E-state index contributed by atoms with van der Waals surface area (Å²) >= 11 is 0. The van der Waals surface area contributed by atoms with Crippen molar-refractivity contribution < 1.29 is 9.21 Å². The number of aromatic nitrogens is 2. The molecule has 1 aromatic rings. The van der Waals surface area contributed by atoms with Gasteiger partial charge in [0, 0.05) is 6.54 Å². The maximum absolute atomic E-state index is 12.4. The minimum atomic E-state index is -0.134. The van der Waals surface area contributed by atoms with Crippen molar-refractivity contribution >= 4 is 5.91 Å². The molecule has 6 heteroatoms. The van der Waals surface area contributed by atoms with E-state index in [2.05, 4.69) is 29.4 Å². The van der Waals surface area contributed by atoms with Gasteiger partial charge in [-0.15, -0.1) is 10.2 Å². The number of hydrogen-bond donors (Lipinski definition) is 1. The van der Waals surface area contributed by atoms with Gasteiger partial charge in [-0.2, -0.15) is 0 Å². The summed E-state index contributed by atoms with van der Waals surface area (Å²) in [7, 11) is 1.83. The quantitative estimate of drug-likeness (QED) is 0.861. The fourth-order valence-electron chi connectivity index (χ4n) is 2.32. The van der Waals surface area contributed by atoms with Gasteiger partial charge in [-0.05, 0) is 25.3 Å². The van der Waals surface area contributed by atoms with Crippen molar-refractivity contribution in [1.82, 2.24) is 20.4 Å². The standard InChI is InChI=1S/C12H20N4O2/c1-12(2)4-5-16(7-10-15-14-8-18-10)11(17)9(6-12)13-3/h8-9,13H,4-7H2,1-3H3. The molecule has 1 aromatic heterocycles. The fourth-order valence-corrected chi connectivity index (χ4v) is 2.32. The second-order valence-corrected chi connectivity index (χ2v) is 5.55. The van der Waals surface area contributed by atoms with Crippen LogP contribution in [0.2, 0.25) is 0 Å². The van der Waals surface area contributed by atoms with Gasteiger partial charge in [0.05, 0.1) is 12.6 Å². The molecule has 0 aromatic carbocycles. The van der Waals surface area contributed by atoms with Crippen LogP contribution in [0.4, 0.5) is 0 Å². The van der Waals surface area contributed by atoms with Gasteiger partial charge in [0.2, 0.25) is 18.2 Å². The average Bonchev–Trinajstić information content (AvgIpc) is 2.79. The van der Waals surface area contributed by atoms with Crippen molar-refractivity contribution in [2.75, 3.05) is 13.6 Å². The molecule has 0 radical (unpaired) electrons. The molecule has 0 saturated carbocycles. The van der Waals surface area contributed by atoms with Crippen LogP contribution in [0.3, 0.4) is 0 Å². The molecule has 1 unspecified atom stereocenters. The predicted molar refractivity (Wildman–Crippen MR) is 65.6 cm³/mol. The van der Waals surface area contributed by atoms with Gasteiger partial charge in [-0.3, -0.25) is 4.79 Å². The van der Waals surface area contributed by atoms with E-state index < -0.39 is 0 Å². The number of carbonyl (C=O) groups is 1. The number of amides is 1. The van der Waals surface area contributed by atoms with Gasteiger partial charge in [0.15, 0.2) is 0 Å². The summed E-state index contributed by atoms with van der Waals surface area (Å²) in [5.41, 5.74) is 0.160. The molecule has 1 atom stereocenters. The number of likely N-dealkylation sites (N-methyl/N-ethyl adjacent to an activating group) is 1. The summed E-state index contributed by atoms with van der Waals surface area (Å²) < 4.78 is 5.11. The predicted octanol–water partition coefficient (Wildman–Crippen LogP) is 0.806. The Labute approximate surface area is 107 Å². The molecular weight excluding hydrogens is 232 g/mol. The van der Waals surface area contributed by atoms with E-state index in [4.69, 9.17) is 4.42 Å². The van der Waals surface area contributed by atoms with E-state index in [-0.39, 0.29) is 17.4 Å². The first-order valence-corrected chi connectivity index (χ1v) is 6.23. The lowest BCUT2D eigenvalue weighted by molar-refractivity contribution is -0.133. The van der Waals surface area contributed by atoms with E-state index in [1.807, 2.05) is 7.05 Å². The molecule has 0 spiro atoms. The van der Waals surface area contributed by atoms with Crippen molar-refractivity contribution in [3.05, 3.63) is 12.3 Å². The van der Waals surface area contributed by atoms with Crippen LogP contribution in [0.5, 0.6) is 0 Å². The highest BCUT2D eigenvalue weighted by Gasteiger charge is 2.34. The summed E-state index contributed by atoms with van der Waals surface area (Å²) in [4.78, 5) is 14.2. The highest BCUT2D eigenvalue weighted by Crippen LogP contribution is 2.30. The van der Waals surface area contributed by atoms with Crippen molar-refractivity contribution in [3.8, 4) is 0 Å². The molecule has 18 heavy (non-hydrogen) atoms. The summed E-state index contributed by atoms with van der Waals surface area (Å²) in [6, 6.07) is -0.134. The maximum Gasteiger partial charge on any atom is 0.240 e. The van der Waals surface area contributed by atoms with E-state index in [0.29, 0.717) is 12.4 Å². The van der Waals surface area contributed by atoms with E-state index in [0.717, 1.165) is 19.4 Å². The van der Waals surface area contributed by atoms with Gasteiger partial charge in [-0.25, -0.2) is 0 Å². The van der Waals surface area contributed by atoms with Crippen molar-refractivity contribution in [3.63, 3.8) is 0 Å². The van der Waals surface area contributed by atoms with Crippen LogP contribution in [0.25, 0.3) is 0 Å². The third-order valence-corrected chi connectivity index (χ3v) is 3.50. The SMILES string of the molecule is CNC1CC(C)(C)CCN(Cc2nnco2)C1=O. The molecule has 1 amide bonds. The first-order valence-electron chi connectivity index (χ1n) is 6.23. The van der Waals surface area contributed by atoms with Crippen LogP contribution in [0, 0.1) is 5.41 Å². The van der Waals surface area contributed by atoms with Crippen LogP contribution < -0.4 is 5.32 Å². The molecule has 2 rings (SSSR count). The van der Waals surface area contributed by atoms with E-state index >= 15 is 0 Å². The Morgan fingerprint density at radius 3 is 3.00 bits per heavy atom. The molecule has 0 aliphatic carbocycles. The highest BCUT2D eigenvalue weighted by atomic mass is 16.4. The Hall–Kier alpha value is -1.43. The maximum atomic E-state index is 12.4. The molecule has 1 aliphatic rings. The Morgan fingerprint density at radius 2 is 2.39 bits per heavy atom. The average molecular weight is 252 g/mol. The van der Waals surface area contributed by atoms with Crippen LogP contribution in [0.15, 0.2) is 10.8 Å². The number of nitrogens with zero attached hydrogens (tertiary/aromatic N) is 3. The Morgan fingerprint density at radius 1 is 1.61 bits per heavy atom. The van der Waals surface area contributed by atoms with Crippen LogP contribution in [0.1, 0.15) is 32.6 Å². The molecule has 0 bridgehead atoms. The van der Waals surface area contributed by atoms with Gasteiger partial charge in [0.25, 0.3) is 0 Å². The zero-order chi connectivity index (χ0) is 13.2. The summed E-state index contributed by atoms with van der Waals surface area (Å²) in [6.07, 6.45) is 3.12. The summed E-state index contributed by atoms with van der Waals surface area (Å²) in [5.74, 6) is 0.596. The first-order chi connectivity index (χ1) is 8.52. The zero-order valence-electron chi connectivity index (χ0n) is 11.1. The van der Waals surface area contributed by atoms with Gasteiger partial charge >= 0.3 is 0 Å². The second-order valence-electron chi connectivity index (χ2n) is 5.55. The van der Waals surface area contributed by atoms with E-state index in [1.165, 1.54) is 6.39 Å². The van der Waals surface area contributed by atoms with Crippen molar-refractivity contribution in [2.24, 2.45) is 5.41 Å². The Balaban J connectivity index is 2.12. The molecular formula is C12H20N4O2. The summed E-state index contributed by atoms with van der Waals surface area (Å²) in [5, 5.41) is 10.6.